The summed E-state index contributed by atoms with van der Waals surface area (Å²) < 4.78 is 5.69. The van der Waals surface area contributed by atoms with E-state index in [1.165, 1.54) is 19.3 Å². The van der Waals surface area contributed by atoms with Crippen molar-refractivity contribution in [3.05, 3.63) is 212 Å². The van der Waals surface area contributed by atoms with Gasteiger partial charge in [0.15, 0.2) is 11.6 Å². The van der Waals surface area contributed by atoms with Crippen LogP contribution in [0.3, 0.4) is 0 Å². The number of hydrogen-bond acceptors (Lipinski definition) is 7. The molecule has 3 aliphatic heterocycles. The van der Waals surface area contributed by atoms with Crippen LogP contribution < -0.4 is 16.0 Å². The number of ketones is 3. The van der Waals surface area contributed by atoms with Crippen molar-refractivity contribution in [1.82, 2.24) is 0 Å². The molecule has 0 radical (unpaired) electrons. The second-order valence-corrected chi connectivity index (χ2v) is 23.4. The smallest absolute Gasteiger partial charge is 0.239 e. The van der Waals surface area contributed by atoms with Crippen LogP contribution in [0.25, 0.3) is 0 Å². The quantitative estimate of drug-likeness (QED) is 0.159. The molecule has 12 rings (SSSR count). The Hall–Kier alpha value is -5.21. The number of benzene rings is 6. The highest BCUT2D eigenvalue weighted by atomic mass is 35.5. The minimum Gasteiger partial charge on any atom is -0.379 e. The van der Waals surface area contributed by atoms with E-state index in [-0.39, 0.29) is 60.8 Å². The molecule has 77 heavy (non-hydrogen) atoms. The molecule has 10 nitrogen and oxygen atoms in total. The third kappa shape index (κ3) is 9.92. The summed E-state index contributed by atoms with van der Waals surface area (Å²) in [6.07, 6.45) is 6.48. The van der Waals surface area contributed by atoms with Gasteiger partial charge in [0.1, 0.15) is 22.0 Å². The van der Waals surface area contributed by atoms with Crippen LogP contribution in [0.5, 0.6) is 0 Å². The van der Waals surface area contributed by atoms with Crippen molar-refractivity contribution in [3.63, 3.8) is 0 Å². The Balaban J connectivity index is 0.000000131. The average Bonchev–Trinajstić information content (AvgIpc) is 4.08. The van der Waals surface area contributed by atoms with Crippen LogP contribution in [0.1, 0.15) is 76.8 Å². The molecule has 0 bridgehead atoms. The Morgan fingerprint density at radius 2 is 0.753 bits per heavy atom. The van der Waals surface area contributed by atoms with Crippen molar-refractivity contribution in [3.8, 4) is 0 Å². The number of anilines is 3. The lowest BCUT2D eigenvalue weighted by atomic mass is 9.59. The predicted octanol–water partition coefficient (Wildman–Crippen LogP) is 15.3. The van der Waals surface area contributed by atoms with Gasteiger partial charge in [0.05, 0.1) is 6.10 Å². The van der Waals surface area contributed by atoms with Crippen molar-refractivity contribution in [2.75, 3.05) is 23.1 Å². The first-order chi connectivity index (χ1) is 36.6. The lowest BCUT2D eigenvalue weighted by molar-refractivity contribution is -0.137. The number of methoxy groups -OCH3 is 1. The first-order valence-electron chi connectivity index (χ1n) is 23.9. The number of allylic oxidation sites excluding steroid dienone is 2. The van der Waals surface area contributed by atoms with E-state index in [4.69, 9.17) is 109 Å². The summed E-state index contributed by atoms with van der Waals surface area (Å²) in [5.74, 6) is -1.88. The fourth-order valence-electron chi connectivity index (χ4n) is 12.0. The lowest BCUT2D eigenvalue weighted by Crippen LogP contribution is -2.55. The van der Waals surface area contributed by atoms with Gasteiger partial charge in [0.2, 0.25) is 17.7 Å². The summed E-state index contributed by atoms with van der Waals surface area (Å²) in [5, 5.41) is 13.1. The van der Waals surface area contributed by atoms with Crippen molar-refractivity contribution in [1.29, 1.82) is 0 Å². The zero-order chi connectivity index (χ0) is 54.9. The number of carbonyl (C=O) groups excluding carboxylic acids is 6. The molecular weight excluding hydrogens is 1170 g/mol. The van der Waals surface area contributed by atoms with Gasteiger partial charge in [-0.05, 0) is 137 Å². The molecule has 6 aliphatic rings. The van der Waals surface area contributed by atoms with Crippen molar-refractivity contribution in [2.45, 2.75) is 65.8 Å². The van der Waals surface area contributed by atoms with Crippen LogP contribution in [0.4, 0.5) is 17.1 Å². The predicted molar refractivity (Wildman–Crippen MR) is 305 cm³/mol. The lowest BCUT2D eigenvalue weighted by Gasteiger charge is -2.44. The van der Waals surface area contributed by atoms with E-state index >= 15 is 0 Å². The maximum atomic E-state index is 13.3. The second kappa shape index (κ2) is 21.4. The maximum absolute atomic E-state index is 13.3. The molecule has 1 fully saturated rings. The summed E-state index contributed by atoms with van der Waals surface area (Å²) in [7, 11) is 1.52. The number of nitrogens with one attached hydrogen (secondary N) is 3. The fraction of sp³-hybridized carbons (Fsp3) is 0.207. The number of amides is 3. The third-order valence-electron chi connectivity index (χ3n) is 15.2. The number of fused-ring (bicyclic) bond motifs is 6. The van der Waals surface area contributed by atoms with E-state index in [0.29, 0.717) is 62.3 Å². The summed E-state index contributed by atoms with van der Waals surface area (Å²) in [6.45, 7) is 0. The van der Waals surface area contributed by atoms with E-state index in [0.717, 1.165) is 33.4 Å². The van der Waals surface area contributed by atoms with Crippen molar-refractivity contribution < 1.29 is 33.5 Å². The molecule has 3 spiro atoms. The van der Waals surface area contributed by atoms with Crippen LogP contribution in [0.2, 0.25) is 45.2 Å². The van der Waals surface area contributed by atoms with Gasteiger partial charge in [-0.15, -0.1) is 0 Å². The van der Waals surface area contributed by atoms with Gasteiger partial charge in [-0.2, -0.15) is 0 Å². The Kier molecular flexibility index (Phi) is 15.4. The minimum atomic E-state index is -1.06. The van der Waals surface area contributed by atoms with Crippen LogP contribution in [0.15, 0.2) is 133 Å². The van der Waals surface area contributed by atoms with E-state index in [1.54, 1.807) is 103 Å². The number of hydrogen-bond donors (Lipinski definition) is 3. The van der Waals surface area contributed by atoms with Gasteiger partial charge in [-0.1, -0.05) is 135 Å². The third-order valence-corrected chi connectivity index (χ3v) is 17.2. The molecule has 0 aromatic heterocycles. The Morgan fingerprint density at radius 1 is 0.403 bits per heavy atom. The molecule has 7 atom stereocenters. The summed E-state index contributed by atoms with van der Waals surface area (Å²) >= 11 is 55.3. The fourth-order valence-corrected chi connectivity index (χ4v) is 14.2. The zero-order valence-electron chi connectivity index (χ0n) is 40.1. The van der Waals surface area contributed by atoms with Crippen LogP contribution in [0, 0.1) is 0 Å². The van der Waals surface area contributed by atoms with E-state index < -0.39 is 40.1 Å². The Morgan fingerprint density at radius 3 is 1.14 bits per heavy atom. The average molecular weight is 1210 g/mol. The first kappa shape index (κ1) is 55.1. The summed E-state index contributed by atoms with van der Waals surface area (Å²) in [4.78, 5) is 76.1. The second-order valence-electron chi connectivity index (χ2n) is 19.5. The van der Waals surface area contributed by atoms with Gasteiger partial charge < -0.3 is 20.7 Å². The highest BCUT2D eigenvalue weighted by molar-refractivity contribution is 6.36. The largest absolute Gasteiger partial charge is 0.379 e. The SMILES string of the molecule is CO[C@H]1CC(=O)C[C@@H](c2cc(Cl)cc(Cl)c2)[C@]12C(=O)Nc1cc(Cl)ccc12.O=C1C=C[C@@]2(C(=O)Nc3cc(Cl)ccc32)[C@@H](c2cc(Cl)cc(Cl)c2)C1.O=C1C=C[C@@]2(C(=O)Nc3cc(Cl)ccc32)[C@H](c2cc(Cl)cc(Cl)c2)C1. The van der Waals surface area contributed by atoms with Gasteiger partial charge >= 0.3 is 0 Å². The van der Waals surface area contributed by atoms with Gasteiger partial charge in [-0.25, -0.2) is 0 Å². The first-order valence-corrected chi connectivity index (χ1v) is 27.3. The Labute approximate surface area is 487 Å². The van der Waals surface area contributed by atoms with E-state index in [1.807, 2.05) is 18.2 Å². The normalized spacial score (nSPS) is 25.4. The van der Waals surface area contributed by atoms with Gasteiger partial charge in [0.25, 0.3) is 0 Å². The molecule has 19 heteroatoms. The van der Waals surface area contributed by atoms with Gasteiger partial charge in [0, 0.05) is 113 Å². The minimum absolute atomic E-state index is 0.0313. The van der Waals surface area contributed by atoms with Crippen LogP contribution in [-0.2, 0) is 49.7 Å². The highest BCUT2D eigenvalue weighted by Gasteiger charge is 2.61. The monoisotopic (exact) mass is 1210 g/mol. The topological polar surface area (TPSA) is 148 Å². The van der Waals surface area contributed by atoms with Crippen molar-refractivity contribution in [2.24, 2.45) is 0 Å². The van der Waals surface area contributed by atoms with Gasteiger partial charge in [-0.3, -0.25) is 28.8 Å². The number of halogens is 9. The molecule has 6 aromatic carbocycles. The van der Waals surface area contributed by atoms with E-state index in [2.05, 4.69) is 16.0 Å². The molecule has 3 amide bonds. The molecule has 0 saturated heterocycles. The summed E-state index contributed by atoms with van der Waals surface area (Å²) in [5.41, 5.74) is 3.56. The number of Topliss-reactive ketones (excluding diaryl/α,β-unsaturated/α-hetero) is 1. The molecule has 3 N–H and O–H groups in total. The van der Waals surface area contributed by atoms with E-state index in [9.17, 15) is 28.8 Å². The highest BCUT2D eigenvalue weighted by Crippen LogP contribution is 2.57. The summed E-state index contributed by atoms with van der Waals surface area (Å²) in [6, 6.07) is 31.3. The number of carbonyl (C=O) groups is 6. The molecule has 3 heterocycles. The number of ether oxygens (including phenoxy) is 1. The van der Waals surface area contributed by atoms with Crippen LogP contribution >= 0.6 is 104 Å². The molecule has 392 valence electrons. The molecular formula is C58H40Cl9N3O7. The molecule has 3 aliphatic carbocycles. The standard InChI is InChI=1S/C20H16Cl3NO3.2C19H12Cl3NO2/c1-27-18-9-14(25)8-16(10-4-12(22)6-13(23)5-10)20(18)15-3-2-11(21)7-17(15)24-19(20)26;2*20-11-1-2-15-17(8-11)23-18(25)19(15)4-3-14(24)9-16(19)10-5-12(21)7-13(22)6-10/h2-7,16,18H,8-9H2,1H3,(H,24,26);2*1-8,16H,9H2,(H,23,25)/t16-,18-,20-;16-,19+;16-,19-/m010/s1. The molecule has 0 unspecified atom stereocenters. The zero-order valence-corrected chi connectivity index (χ0v) is 46.9. The molecule has 6 aromatic rings. The number of rotatable bonds is 4. The maximum Gasteiger partial charge on any atom is 0.239 e. The molecule has 1 saturated carbocycles. The Bertz CT molecular complexity index is 3390. The van der Waals surface area contributed by atoms with Crippen LogP contribution in [-0.4, -0.2) is 48.3 Å². The van der Waals surface area contributed by atoms with Crippen molar-refractivity contribution >= 4 is 157 Å².